The van der Waals surface area contributed by atoms with E-state index < -0.39 is 0 Å². The molecule has 2 nitrogen and oxygen atoms in total. The topological polar surface area (TPSA) is 29.1 Å². The molecule has 3 rings (SSSR count). The Morgan fingerprint density at radius 2 is 2.05 bits per heavy atom. The van der Waals surface area contributed by atoms with Crippen LogP contribution in [0.25, 0.3) is 0 Å². The fraction of sp³-hybridized carbons (Fsp3) is 0.235. The van der Waals surface area contributed by atoms with E-state index in [2.05, 4.69) is 64.6 Å². The van der Waals surface area contributed by atoms with Crippen LogP contribution >= 0.6 is 15.9 Å². The Morgan fingerprint density at radius 1 is 1.25 bits per heavy atom. The first kappa shape index (κ1) is 13.4. The minimum Gasteiger partial charge on any atom is -0.326 e. The molecule has 2 aromatic carbocycles. The maximum Gasteiger partial charge on any atom is 0.228 e. The Bertz CT molecular complexity index is 666. The van der Waals surface area contributed by atoms with Gasteiger partial charge < -0.3 is 5.32 Å². The van der Waals surface area contributed by atoms with Gasteiger partial charge in [-0.05, 0) is 41.7 Å². The number of benzene rings is 2. The first-order valence-corrected chi connectivity index (χ1v) is 7.66. The summed E-state index contributed by atoms with van der Waals surface area (Å²) in [5, 5.41) is 2.87. The van der Waals surface area contributed by atoms with Crippen molar-refractivity contribution in [2.24, 2.45) is 0 Å². The molecule has 0 saturated carbocycles. The van der Waals surface area contributed by atoms with Gasteiger partial charge in [-0.1, -0.05) is 52.3 Å². The van der Waals surface area contributed by atoms with Crippen LogP contribution in [0.5, 0.6) is 0 Å². The summed E-state index contributed by atoms with van der Waals surface area (Å²) in [6.45, 7) is 2.14. The summed E-state index contributed by atoms with van der Waals surface area (Å²) in [5.74, 6) is 0.0853. The van der Waals surface area contributed by atoms with Crippen LogP contribution in [0.4, 0.5) is 5.69 Å². The van der Waals surface area contributed by atoms with E-state index in [1.54, 1.807) is 0 Å². The van der Waals surface area contributed by atoms with E-state index >= 15 is 0 Å². The fourth-order valence-corrected chi connectivity index (χ4v) is 3.23. The Morgan fingerprint density at radius 3 is 2.85 bits per heavy atom. The van der Waals surface area contributed by atoms with Gasteiger partial charge in [-0.15, -0.1) is 0 Å². The monoisotopic (exact) mass is 329 g/mol. The third kappa shape index (κ3) is 2.63. The molecule has 1 amide bonds. The van der Waals surface area contributed by atoms with E-state index in [1.807, 2.05) is 6.07 Å². The highest BCUT2D eigenvalue weighted by molar-refractivity contribution is 9.09. The van der Waals surface area contributed by atoms with Crippen molar-refractivity contribution in [1.29, 1.82) is 0 Å². The molecule has 0 radical (unpaired) electrons. The largest absolute Gasteiger partial charge is 0.326 e. The molecule has 0 bridgehead atoms. The fourth-order valence-electron chi connectivity index (χ4n) is 2.59. The molecule has 102 valence electrons. The first-order chi connectivity index (χ1) is 9.63. The number of anilines is 1. The number of alkyl halides is 1. The SMILES string of the molecule is Cc1ccccc1CC(Br)c1ccc2c(c1)CC(=O)N2. The highest BCUT2D eigenvalue weighted by Crippen LogP contribution is 2.32. The van der Waals surface area contributed by atoms with Crippen molar-refractivity contribution in [2.45, 2.75) is 24.6 Å². The van der Waals surface area contributed by atoms with Gasteiger partial charge in [-0.2, -0.15) is 0 Å². The number of hydrogen-bond acceptors (Lipinski definition) is 1. The molecule has 20 heavy (non-hydrogen) atoms. The minimum absolute atomic E-state index is 0.0853. The molecule has 1 atom stereocenters. The summed E-state index contributed by atoms with van der Waals surface area (Å²) in [6, 6.07) is 14.7. The van der Waals surface area contributed by atoms with Crippen molar-refractivity contribution >= 4 is 27.5 Å². The van der Waals surface area contributed by atoms with Gasteiger partial charge in [0.05, 0.1) is 6.42 Å². The molecule has 1 aliphatic heterocycles. The Balaban J connectivity index is 1.82. The van der Waals surface area contributed by atoms with Gasteiger partial charge in [0, 0.05) is 10.5 Å². The van der Waals surface area contributed by atoms with Crippen LogP contribution in [-0.4, -0.2) is 5.91 Å². The molecule has 0 aliphatic carbocycles. The van der Waals surface area contributed by atoms with Gasteiger partial charge in [0.2, 0.25) is 5.91 Å². The lowest BCUT2D eigenvalue weighted by Crippen LogP contribution is -2.03. The summed E-state index contributed by atoms with van der Waals surface area (Å²) in [6.07, 6.45) is 1.44. The standard InChI is InChI=1S/C17H16BrNO/c1-11-4-2-3-5-12(11)9-15(18)13-6-7-16-14(8-13)10-17(20)19-16/h2-8,15H,9-10H2,1H3,(H,19,20). The van der Waals surface area contributed by atoms with E-state index in [0.717, 1.165) is 17.7 Å². The molecular weight excluding hydrogens is 314 g/mol. The van der Waals surface area contributed by atoms with Gasteiger partial charge in [-0.3, -0.25) is 4.79 Å². The van der Waals surface area contributed by atoms with Crippen LogP contribution in [-0.2, 0) is 17.6 Å². The predicted molar refractivity (Wildman–Crippen MR) is 85.3 cm³/mol. The number of amides is 1. The lowest BCUT2D eigenvalue weighted by molar-refractivity contribution is -0.115. The number of nitrogens with one attached hydrogen (secondary N) is 1. The number of hydrogen-bond donors (Lipinski definition) is 1. The van der Waals surface area contributed by atoms with Crippen molar-refractivity contribution in [1.82, 2.24) is 0 Å². The average Bonchev–Trinajstić information content (AvgIpc) is 2.80. The van der Waals surface area contributed by atoms with Crippen LogP contribution in [0.3, 0.4) is 0 Å². The summed E-state index contributed by atoms with van der Waals surface area (Å²) in [4.78, 5) is 11.7. The summed E-state index contributed by atoms with van der Waals surface area (Å²) in [5.41, 5.74) is 5.94. The molecule has 3 heteroatoms. The van der Waals surface area contributed by atoms with Crippen molar-refractivity contribution in [3.05, 3.63) is 64.7 Å². The molecule has 1 N–H and O–H groups in total. The van der Waals surface area contributed by atoms with Gasteiger partial charge >= 0.3 is 0 Å². The highest BCUT2D eigenvalue weighted by Gasteiger charge is 2.19. The zero-order valence-corrected chi connectivity index (χ0v) is 12.9. The van der Waals surface area contributed by atoms with Crippen molar-refractivity contribution in [3.63, 3.8) is 0 Å². The van der Waals surface area contributed by atoms with Crippen LogP contribution in [0.1, 0.15) is 27.1 Å². The maximum atomic E-state index is 11.4. The quantitative estimate of drug-likeness (QED) is 0.841. The predicted octanol–water partition coefficient (Wildman–Crippen LogP) is 4.17. The van der Waals surface area contributed by atoms with E-state index in [1.165, 1.54) is 16.7 Å². The summed E-state index contributed by atoms with van der Waals surface area (Å²) in [7, 11) is 0. The summed E-state index contributed by atoms with van der Waals surface area (Å²) < 4.78 is 0. The van der Waals surface area contributed by atoms with Crippen LogP contribution in [0, 0.1) is 6.92 Å². The summed E-state index contributed by atoms with van der Waals surface area (Å²) >= 11 is 3.77. The molecule has 0 spiro atoms. The zero-order chi connectivity index (χ0) is 14.1. The normalized spacial score (nSPS) is 14.8. The van der Waals surface area contributed by atoms with Crippen LogP contribution in [0.15, 0.2) is 42.5 Å². The maximum absolute atomic E-state index is 11.4. The van der Waals surface area contributed by atoms with E-state index in [9.17, 15) is 4.79 Å². The molecule has 0 saturated heterocycles. The molecule has 0 fully saturated rings. The molecule has 0 aromatic heterocycles. The third-order valence-corrected chi connectivity index (χ3v) is 4.63. The van der Waals surface area contributed by atoms with E-state index in [0.29, 0.717) is 6.42 Å². The lowest BCUT2D eigenvalue weighted by atomic mass is 9.99. The number of carbonyl (C=O) groups excluding carboxylic acids is 1. The Hall–Kier alpha value is -1.61. The van der Waals surface area contributed by atoms with Crippen molar-refractivity contribution in [3.8, 4) is 0 Å². The molecule has 2 aromatic rings. The number of halogens is 1. The zero-order valence-electron chi connectivity index (χ0n) is 11.3. The smallest absolute Gasteiger partial charge is 0.228 e. The first-order valence-electron chi connectivity index (χ1n) is 6.75. The second kappa shape index (κ2) is 5.41. The Labute approximate surface area is 127 Å². The van der Waals surface area contributed by atoms with Crippen molar-refractivity contribution in [2.75, 3.05) is 5.32 Å². The number of fused-ring (bicyclic) bond motifs is 1. The molecule has 1 heterocycles. The van der Waals surface area contributed by atoms with E-state index in [-0.39, 0.29) is 10.7 Å². The number of rotatable bonds is 3. The van der Waals surface area contributed by atoms with Gasteiger partial charge in [0.25, 0.3) is 0 Å². The third-order valence-electron chi connectivity index (χ3n) is 3.78. The van der Waals surface area contributed by atoms with E-state index in [4.69, 9.17) is 0 Å². The van der Waals surface area contributed by atoms with Crippen LogP contribution < -0.4 is 5.32 Å². The van der Waals surface area contributed by atoms with Crippen molar-refractivity contribution < 1.29 is 4.79 Å². The molecule has 1 unspecified atom stereocenters. The number of aryl methyl sites for hydroxylation is 1. The second-order valence-electron chi connectivity index (χ2n) is 5.24. The minimum atomic E-state index is 0.0853. The van der Waals surface area contributed by atoms with Gasteiger partial charge in [0.1, 0.15) is 0 Å². The van der Waals surface area contributed by atoms with Gasteiger partial charge in [0.15, 0.2) is 0 Å². The van der Waals surface area contributed by atoms with Crippen LogP contribution in [0.2, 0.25) is 0 Å². The highest BCUT2D eigenvalue weighted by atomic mass is 79.9. The molecular formula is C17H16BrNO. The average molecular weight is 330 g/mol. The van der Waals surface area contributed by atoms with Gasteiger partial charge in [-0.25, -0.2) is 0 Å². The second-order valence-corrected chi connectivity index (χ2v) is 6.35. The Kier molecular flexibility index (Phi) is 3.62. The number of carbonyl (C=O) groups is 1. The molecule has 1 aliphatic rings. The lowest BCUT2D eigenvalue weighted by Gasteiger charge is -2.13.